The van der Waals surface area contributed by atoms with Gasteiger partial charge in [-0.25, -0.2) is 4.39 Å². The van der Waals surface area contributed by atoms with Crippen LogP contribution >= 0.6 is 11.6 Å². The number of anilines is 1. The van der Waals surface area contributed by atoms with Crippen LogP contribution < -0.4 is 10.9 Å². The van der Waals surface area contributed by atoms with E-state index in [2.05, 4.69) is 5.32 Å². The normalized spacial score (nSPS) is 11.0. The molecule has 124 valence electrons. The SMILES string of the molecule is CCn1ccc2c(cc(C(=O)Nc3ccc(F)cc3Cl)n2C)c1=O. The molecule has 3 aromatic rings. The number of amides is 1. The van der Waals surface area contributed by atoms with Gasteiger partial charge in [0.25, 0.3) is 11.5 Å². The summed E-state index contributed by atoms with van der Waals surface area (Å²) in [6.07, 6.45) is 1.70. The highest BCUT2D eigenvalue weighted by molar-refractivity contribution is 6.33. The summed E-state index contributed by atoms with van der Waals surface area (Å²) in [7, 11) is 1.71. The summed E-state index contributed by atoms with van der Waals surface area (Å²) in [5.41, 5.74) is 1.14. The lowest BCUT2D eigenvalue weighted by Gasteiger charge is -2.08. The van der Waals surface area contributed by atoms with Crippen LogP contribution in [0.4, 0.5) is 10.1 Å². The Hall–Kier alpha value is -2.60. The van der Waals surface area contributed by atoms with Crippen LogP contribution in [-0.2, 0) is 13.6 Å². The Kier molecular flexibility index (Phi) is 4.15. The summed E-state index contributed by atoms with van der Waals surface area (Å²) in [6, 6.07) is 7.07. The zero-order valence-electron chi connectivity index (χ0n) is 13.1. The third-order valence-corrected chi connectivity index (χ3v) is 4.25. The van der Waals surface area contributed by atoms with E-state index in [1.807, 2.05) is 6.92 Å². The molecule has 1 aromatic carbocycles. The van der Waals surface area contributed by atoms with Crippen LogP contribution in [-0.4, -0.2) is 15.0 Å². The molecule has 2 aromatic heterocycles. The Morgan fingerprint density at radius 3 is 2.71 bits per heavy atom. The van der Waals surface area contributed by atoms with E-state index in [-0.39, 0.29) is 10.6 Å². The van der Waals surface area contributed by atoms with Gasteiger partial charge in [0.1, 0.15) is 11.5 Å². The second-order valence-corrected chi connectivity index (χ2v) is 5.78. The molecule has 0 aliphatic carbocycles. The first-order chi connectivity index (χ1) is 11.4. The predicted octanol–water partition coefficient (Wildman–Crippen LogP) is 3.40. The number of pyridine rings is 1. The molecule has 0 spiro atoms. The molecule has 0 aliphatic heterocycles. The van der Waals surface area contributed by atoms with Crippen molar-refractivity contribution in [1.82, 2.24) is 9.13 Å². The molecule has 0 unspecified atom stereocenters. The number of nitrogens with one attached hydrogen (secondary N) is 1. The Morgan fingerprint density at radius 2 is 2.04 bits per heavy atom. The first kappa shape index (κ1) is 16.3. The van der Waals surface area contributed by atoms with Crippen LogP contribution in [0.15, 0.2) is 41.3 Å². The summed E-state index contributed by atoms with van der Waals surface area (Å²) in [6.45, 7) is 2.43. The van der Waals surface area contributed by atoms with Crippen molar-refractivity contribution in [3.05, 3.63) is 63.4 Å². The molecule has 0 radical (unpaired) electrons. The van der Waals surface area contributed by atoms with Crippen LogP contribution in [0.25, 0.3) is 10.9 Å². The van der Waals surface area contributed by atoms with Gasteiger partial charge in [0.05, 0.1) is 21.6 Å². The Labute approximate surface area is 142 Å². The van der Waals surface area contributed by atoms with Crippen molar-refractivity contribution in [2.24, 2.45) is 7.05 Å². The fraction of sp³-hybridized carbons (Fsp3) is 0.176. The van der Waals surface area contributed by atoms with E-state index in [0.717, 1.165) is 6.07 Å². The number of rotatable bonds is 3. The number of carbonyl (C=O) groups is 1. The van der Waals surface area contributed by atoms with Crippen molar-refractivity contribution >= 4 is 34.1 Å². The predicted molar refractivity (Wildman–Crippen MR) is 92.2 cm³/mol. The number of carbonyl (C=O) groups excluding carboxylic acids is 1. The fourth-order valence-corrected chi connectivity index (χ4v) is 2.83. The topological polar surface area (TPSA) is 56.0 Å². The highest BCUT2D eigenvalue weighted by atomic mass is 35.5. The van der Waals surface area contributed by atoms with Gasteiger partial charge in [0.2, 0.25) is 0 Å². The minimum absolute atomic E-state index is 0.107. The number of hydrogen-bond donors (Lipinski definition) is 1. The van der Waals surface area contributed by atoms with Crippen LogP contribution in [0.3, 0.4) is 0 Å². The quantitative estimate of drug-likeness (QED) is 0.789. The van der Waals surface area contributed by atoms with Crippen molar-refractivity contribution < 1.29 is 9.18 Å². The molecule has 7 heteroatoms. The van der Waals surface area contributed by atoms with E-state index < -0.39 is 11.7 Å². The van der Waals surface area contributed by atoms with E-state index in [9.17, 15) is 14.0 Å². The third kappa shape index (κ3) is 2.69. The lowest BCUT2D eigenvalue weighted by Crippen LogP contribution is -2.17. The fourth-order valence-electron chi connectivity index (χ4n) is 2.62. The smallest absolute Gasteiger partial charge is 0.272 e. The van der Waals surface area contributed by atoms with E-state index >= 15 is 0 Å². The molecule has 0 fully saturated rings. The molecule has 24 heavy (non-hydrogen) atoms. The Bertz CT molecular complexity index is 1010. The number of benzene rings is 1. The number of halogens is 2. The molecule has 0 aliphatic rings. The number of aromatic nitrogens is 2. The summed E-state index contributed by atoms with van der Waals surface area (Å²) in [5.74, 6) is -0.910. The van der Waals surface area contributed by atoms with Crippen LogP contribution in [0.2, 0.25) is 5.02 Å². The molecule has 1 amide bonds. The summed E-state index contributed by atoms with van der Waals surface area (Å²) < 4.78 is 16.3. The molecule has 1 N–H and O–H groups in total. The van der Waals surface area contributed by atoms with E-state index in [0.29, 0.717) is 28.8 Å². The Morgan fingerprint density at radius 1 is 1.29 bits per heavy atom. The maximum absolute atomic E-state index is 13.1. The van der Waals surface area contributed by atoms with Crippen LogP contribution in [0, 0.1) is 5.82 Å². The maximum Gasteiger partial charge on any atom is 0.272 e. The average molecular weight is 348 g/mol. The van der Waals surface area contributed by atoms with Crippen molar-refractivity contribution in [1.29, 1.82) is 0 Å². The van der Waals surface area contributed by atoms with Crippen molar-refractivity contribution in [2.75, 3.05) is 5.32 Å². The van der Waals surface area contributed by atoms with Crippen LogP contribution in [0.1, 0.15) is 17.4 Å². The number of fused-ring (bicyclic) bond motifs is 1. The number of nitrogens with zero attached hydrogens (tertiary/aromatic N) is 2. The highest BCUT2D eigenvalue weighted by Crippen LogP contribution is 2.24. The second kappa shape index (κ2) is 6.13. The molecule has 3 rings (SSSR count). The monoisotopic (exact) mass is 347 g/mol. The molecule has 0 bridgehead atoms. The summed E-state index contributed by atoms with van der Waals surface area (Å²) >= 11 is 5.93. The molecule has 2 heterocycles. The second-order valence-electron chi connectivity index (χ2n) is 5.37. The molecular formula is C17H15ClFN3O2. The first-order valence-electron chi connectivity index (χ1n) is 7.37. The van der Waals surface area contributed by atoms with Gasteiger partial charge in [-0.15, -0.1) is 0 Å². The highest BCUT2D eigenvalue weighted by Gasteiger charge is 2.17. The van der Waals surface area contributed by atoms with Gasteiger partial charge in [-0.05, 0) is 37.3 Å². The largest absolute Gasteiger partial charge is 0.339 e. The lowest BCUT2D eigenvalue weighted by molar-refractivity contribution is 0.101. The molecule has 0 saturated carbocycles. The third-order valence-electron chi connectivity index (χ3n) is 3.94. The van der Waals surface area contributed by atoms with Gasteiger partial charge in [-0.3, -0.25) is 9.59 Å². The molecule has 0 saturated heterocycles. The number of hydrogen-bond acceptors (Lipinski definition) is 2. The minimum atomic E-state index is -0.484. The van der Waals surface area contributed by atoms with Crippen molar-refractivity contribution in [3.8, 4) is 0 Å². The van der Waals surface area contributed by atoms with Gasteiger partial charge < -0.3 is 14.5 Å². The summed E-state index contributed by atoms with van der Waals surface area (Å²) in [4.78, 5) is 24.9. The van der Waals surface area contributed by atoms with E-state index in [4.69, 9.17) is 11.6 Å². The zero-order valence-corrected chi connectivity index (χ0v) is 13.9. The van der Waals surface area contributed by atoms with Gasteiger partial charge in [-0.1, -0.05) is 11.6 Å². The van der Waals surface area contributed by atoms with Gasteiger partial charge >= 0.3 is 0 Å². The van der Waals surface area contributed by atoms with Crippen molar-refractivity contribution in [3.63, 3.8) is 0 Å². The number of aryl methyl sites for hydroxylation is 2. The molecule has 0 atom stereocenters. The lowest BCUT2D eigenvalue weighted by atomic mass is 10.2. The van der Waals surface area contributed by atoms with Gasteiger partial charge in [-0.2, -0.15) is 0 Å². The average Bonchev–Trinajstić information content (AvgIpc) is 2.88. The minimum Gasteiger partial charge on any atom is -0.339 e. The van der Waals surface area contributed by atoms with E-state index in [1.54, 1.807) is 34.5 Å². The van der Waals surface area contributed by atoms with Gasteiger partial charge in [0.15, 0.2) is 0 Å². The molecule has 5 nitrogen and oxygen atoms in total. The zero-order chi connectivity index (χ0) is 17.4. The van der Waals surface area contributed by atoms with Crippen LogP contribution in [0.5, 0.6) is 0 Å². The maximum atomic E-state index is 13.1. The van der Waals surface area contributed by atoms with Gasteiger partial charge in [0, 0.05) is 19.8 Å². The molecular weight excluding hydrogens is 333 g/mol. The Balaban J connectivity index is 2.02. The first-order valence-corrected chi connectivity index (χ1v) is 7.75. The van der Waals surface area contributed by atoms with E-state index in [1.165, 1.54) is 12.1 Å². The standard InChI is InChI=1S/C17H15ClFN3O2/c1-3-22-7-6-14-11(17(22)24)9-15(21(14)2)16(23)20-13-5-4-10(19)8-12(13)18/h4-9H,3H2,1-2H3,(H,20,23). The van der Waals surface area contributed by atoms with Crippen molar-refractivity contribution in [2.45, 2.75) is 13.5 Å². The summed E-state index contributed by atoms with van der Waals surface area (Å²) in [5, 5.41) is 3.21.